The van der Waals surface area contributed by atoms with Crippen molar-refractivity contribution in [3.05, 3.63) is 63.2 Å². The molecular formula is C18H14ClN5S. The highest BCUT2D eigenvalue weighted by Gasteiger charge is 2.23. The summed E-state index contributed by atoms with van der Waals surface area (Å²) in [4.78, 5) is 8.70. The quantitative estimate of drug-likeness (QED) is 0.788. The van der Waals surface area contributed by atoms with Gasteiger partial charge in [0.15, 0.2) is 0 Å². The zero-order valence-corrected chi connectivity index (χ0v) is 14.7. The summed E-state index contributed by atoms with van der Waals surface area (Å²) in [5, 5.41) is 19.6. The number of hydrogen-bond donors (Lipinski definition) is 2. The molecule has 0 radical (unpaired) electrons. The Bertz CT molecular complexity index is 927. The molecule has 0 bridgehead atoms. The summed E-state index contributed by atoms with van der Waals surface area (Å²) in [6.45, 7) is 0. The van der Waals surface area contributed by atoms with Crippen LogP contribution in [0.4, 0.5) is 5.95 Å². The lowest BCUT2D eigenvalue weighted by Crippen LogP contribution is -2.09. The number of halogens is 1. The van der Waals surface area contributed by atoms with E-state index in [0.29, 0.717) is 28.3 Å². The molecule has 0 atom stereocenters. The Labute approximate surface area is 154 Å². The molecule has 25 heavy (non-hydrogen) atoms. The van der Waals surface area contributed by atoms with E-state index in [-0.39, 0.29) is 0 Å². The molecule has 0 spiro atoms. The number of hydrogen-bond acceptors (Lipinski definition) is 6. The Kier molecular flexibility index (Phi) is 4.35. The summed E-state index contributed by atoms with van der Waals surface area (Å²) < 4.78 is 0. The van der Waals surface area contributed by atoms with Crippen molar-refractivity contribution in [2.24, 2.45) is 0 Å². The molecule has 1 saturated carbocycles. The molecule has 2 aromatic rings. The first-order valence-electron chi connectivity index (χ1n) is 7.87. The first kappa shape index (κ1) is 16.0. The molecule has 0 saturated heterocycles. The van der Waals surface area contributed by atoms with E-state index in [4.69, 9.17) is 11.6 Å². The molecule has 1 aromatic carbocycles. The summed E-state index contributed by atoms with van der Waals surface area (Å²) in [7, 11) is 0. The maximum absolute atomic E-state index is 9.65. The topological polar surface area (TPSA) is 73.6 Å². The smallest absolute Gasteiger partial charge is 0.223 e. The van der Waals surface area contributed by atoms with Gasteiger partial charge in [0.2, 0.25) is 5.95 Å². The summed E-state index contributed by atoms with van der Waals surface area (Å²) in [6.07, 6.45) is 3.96. The number of rotatable bonds is 4. The van der Waals surface area contributed by atoms with E-state index < -0.39 is 0 Å². The molecule has 1 aromatic heterocycles. The predicted molar refractivity (Wildman–Crippen MR) is 101 cm³/mol. The zero-order valence-electron chi connectivity index (χ0n) is 13.2. The minimum atomic E-state index is 0.459. The van der Waals surface area contributed by atoms with Crippen LogP contribution in [0.2, 0.25) is 5.02 Å². The van der Waals surface area contributed by atoms with Crippen molar-refractivity contribution in [2.45, 2.75) is 18.9 Å². The number of nitrogens with zero attached hydrogens (tertiary/aromatic N) is 3. The molecule has 0 unspecified atom stereocenters. The van der Waals surface area contributed by atoms with Crippen molar-refractivity contribution in [1.82, 2.24) is 15.3 Å². The molecule has 2 N–H and O–H groups in total. The highest BCUT2D eigenvalue weighted by Crippen LogP contribution is 2.36. The van der Waals surface area contributed by atoms with Crippen molar-refractivity contribution in [1.29, 1.82) is 5.26 Å². The Morgan fingerprint density at radius 3 is 2.92 bits per heavy atom. The summed E-state index contributed by atoms with van der Waals surface area (Å²) in [6, 6.07) is 12.1. The minimum Gasteiger partial charge on any atom is -0.351 e. The first-order valence-corrected chi connectivity index (χ1v) is 9.13. The summed E-state index contributed by atoms with van der Waals surface area (Å²) >= 11 is 7.72. The van der Waals surface area contributed by atoms with Crippen LogP contribution < -0.4 is 10.6 Å². The third-order valence-electron chi connectivity index (χ3n) is 3.87. The van der Waals surface area contributed by atoms with Gasteiger partial charge < -0.3 is 10.6 Å². The van der Waals surface area contributed by atoms with Gasteiger partial charge in [-0.1, -0.05) is 41.6 Å². The van der Waals surface area contributed by atoms with E-state index in [2.05, 4.69) is 26.7 Å². The van der Waals surface area contributed by atoms with Crippen molar-refractivity contribution >= 4 is 40.6 Å². The summed E-state index contributed by atoms with van der Waals surface area (Å²) in [5.74, 6) is 0.565. The molecule has 4 rings (SSSR count). The predicted octanol–water partition coefficient (Wildman–Crippen LogP) is 4.23. The van der Waals surface area contributed by atoms with E-state index in [1.807, 2.05) is 29.7 Å². The molecule has 5 nitrogen and oxygen atoms in total. The van der Waals surface area contributed by atoms with Gasteiger partial charge in [0.05, 0.1) is 16.4 Å². The average Bonchev–Trinajstić information content (AvgIpc) is 3.31. The van der Waals surface area contributed by atoms with Crippen molar-refractivity contribution in [3.8, 4) is 6.07 Å². The fraction of sp³-hybridized carbons (Fsp3) is 0.167. The maximum Gasteiger partial charge on any atom is 0.223 e. The second kappa shape index (κ2) is 6.79. The van der Waals surface area contributed by atoms with Crippen LogP contribution in [-0.4, -0.2) is 16.0 Å². The number of nitriles is 1. The van der Waals surface area contributed by atoms with Crippen LogP contribution in [0.15, 0.2) is 47.0 Å². The second-order valence-corrected chi connectivity index (χ2v) is 7.04. The van der Waals surface area contributed by atoms with Gasteiger partial charge in [0, 0.05) is 28.2 Å². The average molecular weight is 368 g/mol. The van der Waals surface area contributed by atoms with Crippen LogP contribution in [-0.2, 0) is 0 Å². The lowest BCUT2D eigenvalue weighted by atomic mass is 10.1. The SMILES string of the molecule is N#CC(=C1NC(c2ccccc2Cl)=CS1)c1ccnc(NC2CC2)n1. The number of aromatic nitrogens is 2. The van der Waals surface area contributed by atoms with Gasteiger partial charge >= 0.3 is 0 Å². The van der Waals surface area contributed by atoms with Gasteiger partial charge in [-0.05, 0) is 25.0 Å². The molecule has 0 amide bonds. The van der Waals surface area contributed by atoms with Gasteiger partial charge in [-0.2, -0.15) is 5.26 Å². The monoisotopic (exact) mass is 367 g/mol. The molecule has 2 heterocycles. The molecular weight excluding hydrogens is 354 g/mol. The van der Waals surface area contributed by atoms with E-state index in [0.717, 1.165) is 29.1 Å². The van der Waals surface area contributed by atoms with Gasteiger partial charge in [-0.3, -0.25) is 0 Å². The summed E-state index contributed by atoms with van der Waals surface area (Å²) in [5.41, 5.74) is 2.88. The second-order valence-electron chi connectivity index (χ2n) is 5.75. The number of nitrogens with one attached hydrogen (secondary N) is 2. The molecule has 7 heteroatoms. The molecule has 1 aliphatic carbocycles. The highest BCUT2D eigenvalue weighted by atomic mass is 35.5. The van der Waals surface area contributed by atoms with Crippen molar-refractivity contribution < 1.29 is 0 Å². The first-order chi connectivity index (χ1) is 12.2. The number of benzene rings is 1. The Balaban J connectivity index is 1.61. The molecule has 1 fully saturated rings. The normalized spacial score (nSPS) is 18.2. The van der Waals surface area contributed by atoms with Gasteiger partial charge in [0.25, 0.3) is 0 Å². The fourth-order valence-electron chi connectivity index (χ4n) is 2.43. The largest absolute Gasteiger partial charge is 0.351 e. The zero-order chi connectivity index (χ0) is 17.2. The highest BCUT2D eigenvalue weighted by molar-refractivity contribution is 8.06. The van der Waals surface area contributed by atoms with Gasteiger partial charge in [-0.15, -0.1) is 0 Å². The maximum atomic E-state index is 9.65. The lowest BCUT2D eigenvalue weighted by Gasteiger charge is -2.09. The Morgan fingerprint density at radius 2 is 2.16 bits per heavy atom. The fourth-order valence-corrected chi connectivity index (χ4v) is 3.53. The molecule has 1 aliphatic heterocycles. The van der Waals surface area contributed by atoms with Crippen LogP contribution in [0.5, 0.6) is 0 Å². The Hall–Kier alpha value is -2.49. The Morgan fingerprint density at radius 1 is 1.32 bits per heavy atom. The van der Waals surface area contributed by atoms with E-state index in [1.165, 1.54) is 11.8 Å². The van der Waals surface area contributed by atoms with E-state index in [9.17, 15) is 5.26 Å². The van der Waals surface area contributed by atoms with Crippen LogP contribution in [0, 0.1) is 11.3 Å². The minimum absolute atomic E-state index is 0.459. The van der Waals surface area contributed by atoms with Crippen LogP contribution in [0.1, 0.15) is 24.1 Å². The third kappa shape index (κ3) is 3.48. The molecule has 2 aliphatic rings. The number of anilines is 1. The standard InChI is InChI=1S/C18H14ClN5S/c19-14-4-2-1-3-12(14)16-10-25-17(23-16)13(9-20)15-7-8-21-18(24-15)22-11-5-6-11/h1-4,7-8,10-11,23H,5-6H2,(H,21,22,24). The van der Waals surface area contributed by atoms with Gasteiger partial charge in [0.1, 0.15) is 11.6 Å². The van der Waals surface area contributed by atoms with Crippen molar-refractivity contribution in [3.63, 3.8) is 0 Å². The van der Waals surface area contributed by atoms with E-state index >= 15 is 0 Å². The van der Waals surface area contributed by atoms with Crippen LogP contribution in [0.25, 0.3) is 11.3 Å². The van der Waals surface area contributed by atoms with Crippen molar-refractivity contribution in [2.75, 3.05) is 5.32 Å². The molecule has 124 valence electrons. The van der Waals surface area contributed by atoms with Gasteiger partial charge in [-0.25, -0.2) is 9.97 Å². The van der Waals surface area contributed by atoms with Crippen LogP contribution >= 0.6 is 23.4 Å². The van der Waals surface area contributed by atoms with Crippen LogP contribution in [0.3, 0.4) is 0 Å². The third-order valence-corrected chi connectivity index (χ3v) is 5.09. The van der Waals surface area contributed by atoms with E-state index in [1.54, 1.807) is 12.3 Å². The number of thioether (sulfide) groups is 1. The lowest BCUT2D eigenvalue weighted by molar-refractivity contribution is 1.04. The number of allylic oxidation sites excluding steroid dienone is 1.